The Morgan fingerprint density at radius 3 is 3.00 bits per heavy atom. The fraction of sp³-hybridized carbons (Fsp3) is 0.308. The van der Waals surface area contributed by atoms with Gasteiger partial charge in [0.05, 0.1) is 0 Å². The number of rotatable bonds is 3. The Morgan fingerprint density at radius 1 is 1.47 bits per heavy atom. The molecule has 2 heteroatoms. The molecule has 0 fully saturated rings. The van der Waals surface area contributed by atoms with Gasteiger partial charge < -0.3 is 5.11 Å². The van der Waals surface area contributed by atoms with Crippen LogP contribution in [-0.4, -0.2) is 11.1 Å². The number of aryl methyl sites for hydroxylation is 1. The molecule has 0 atom stereocenters. The number of carbonyl (C=O) groups is 1. The molecule has 78 valence electrons. The van der Waals surface area contributed by atoms with Gasteiger partial charge in [-0.15, -0.1) is 0 Å². The molecular weight excluding hydrogens is 188 g/mol. The second-order valence-electron chi connectivity index (χ2n) is 3.99. The number of hydrogen-bond acceptors (Lipinski definition) is 1. The first kappa shape index (κ1) is 9.97. The molecule has 15 heavy (non-hydrogen) atoms. The highest BCUT2D eigenvalue weighted by molar-refractivity contribution is 5.77. The first-order chi connectivity index (χ1) is 7.16. The first-order valence-electron chi connectivity index (χ1n) is 5.17. The molecule has 0 amide bonds. The average molecular weight is 202 g/mol. The van der Waals surface area contributed by atoms with Gasteiger partial charge in [-0.05, 0) is 36.5 Å². The molecule has 0 saturated heterocycles. The van der Waals surface area contributed by atoms with Gasteiger partial charge >= 0.3 is 5.97 Å². The standard InChI is InChI=1S/C13H14O2/c1-9-2-6-12-10(5-7-13(14)15)3-4-11(12)8-9/h2-3,6,8H,4-5,7H2,1H3,(H,14,15). The van der Waals surface area contributed by atoms with Gasteiger partial charge in [0.15, 0.2) is 0 Å². The van der Waals surface area contributed by atoms with E-state index in [4.69, 9.17) is 5.11 Å². The Balaban J connectivity index is 2.16. The second kappa shape index (κ2) is 3.89. The van der Waals surface area contributed by atoms with E-state index in [1.165, 1.54) is 22.3 Å². The van der Waals surface area contributed by atoms with Crippen LogP contribution in [0.5, 0.6) is 0 Å². The summed E-state index contributed by atoms with van der Waals surface area (Å²) in [4.78, 5) is 10.5. The van der Waals surface area contributed by atoms with Crippen molar-refractivity contribution in [1.82, 2.24) is 0 Å². The summed E-state index contributed by atoms with van der Waals surface area (Å²) in [5.74, 6) is -0.725. The first-order valence-corrected chi connectivity index (χ1v) is 5.17. The van der Waals surface area contributed by atoms with E-state index in [0.717, 1.165) is 6.42 Å². The summed E-state index contributed by atoms with van der Waals surface area (Å²) < 4.78 is 0. The van der Waals surface area contributed by atoms with Crippen LogP contribution in [0.25, 0.3) is 5.57 Å². The van der Waals surface area contributed by atoms with Crippen molar-refractivity contribution in [1.29, 1.82) is 0 Å². The van der Waals surface area contributed by atoms with Crippen molar-refractivity contribution in [2.24, 2.45) is 0 Å². The maximum absolute atomic E-state index is 10.5. The van der Waals surface area contributed by atoms with Gasteiger partial charge in [-0.25, -0.2) is 0 Å². The number of benzene rings is 1. The van der Waals surface area contributed by atoms with Crippen molar-refractivity contribution >= 4 is 11.5 Å². The van der Waals surface area contributed by atoms with Gasteiger partial charge in [-0.2, -0.15) is 0 Å². The zero-order valence-electron chi connectivity index (χ0n) is 8.79. The molecular formula is C13H14O2. The Hall–Kier alpha value is -1.57. The largest absolute Gasteiger partial charge is 0.481 e. The van der Waals surface area contributed by atoms with E-state index in [2.05, 4.69) is 31.2 Å². The van der Waals surface area contributed by atoms with Crippen molar-refractivity contribution in [2.75, 3.05) is 0 Å². The van der Waals surface area contributed by atoms with Gasteiger partial charge in [0, 0.05) is 6.42 Å². The van der Waals surface area contributed by atoms with Crippen molar-refractivity contribution in [3.63, 3.8) is 0 Å². The minimum Gasteiger partial charge on any atom is -0.481 e. The lowest BCUT2D eigenvalue weighted by Gasteiger charge is -2.05. The monoisotopic (exact) mass is 202 g/mol. The second-order valence-corrected chi connectivity index (χ2v) is 3.99. The minimum atomic E-state index is -0.725. The molecule has 0 aromatic heterocycles. The molecule has 1 aliphatic carbocycles. The molecule has 0 radical (unpaired) electrons. The van der Waals surface area contributed by atoms with E-state index in [1.807, 2.05) is 0 Å². The number of allylic oxidation sites excluding steroid dienone is 2. The van der Waals surface area contributed by atoms with Crippen LogP contribution in [0.15, 0.2) is 24.3 Å². The van der Waals surface area contributed by atoms with Crippen molar-refractivity contribution < 1.29 is 9.90 Å². The normalized spacial score (nSPS) is 13.5. The summed E-state index contributed by atoms with van der Waals surface area (Å²) in [7, 11) is 0. The molecule has 2 rings (SSSR count). The van der Waals surface area contributed by atoms with Crippen molar-refractivity contribution in [2.45, 2.75) is 26.2 Å². The average Bonchev–Trinajstić information content (AvgIpc) is 2.57. The van der Waals surface area contributed by atoms with E-state index in [-0.39, 0.29) is 6.42 Å². The Bertz CT molecular complexity index is 430. The van der Waals surface area contributed by atoms with Gasteiger partial charge in [0.1, 0.15) is 0 Å². The molecule has 0 spiro atoms. The van der Waals surface area contributed by atoms with Gasteiger partial charge in [0.25, 0.3) is 0 Å². The zero-order chi connectivity index (χ0) is 10.8. The predicted octanol–water partition coefficient (Wildman–Crippen LogP) is 2.80. The van der Waals surface area contributed by atoms with Crippen molar-refractivity contribution in [3.8, 4) is 0 Å². The van der Waals surface area contributed by atoms with Crippen LogP contribution in [0.3, 0.4) is 0 Å². The van der Waals surface area contributed by atoms with E-state index < -0.39 is 5.97 Å². The molecule has 0 heterocycles. The number of hydrogen-bond donors (Lipinski definition) is 1. The summed E-state index contributed by atoms with van der Waals surface area (Å²) in [6, 6.07) is 6.36. The summed E-state index contributed by atoms with van der Waals surface area (Å²) in [5, 5.41) is 8.64. The number of fused-ring (bicyclic) bond motifs is 1. The van der Waals surface area contributed by atoms with Crippen LogP contribution in [0.1, 0.15) is 29.5 Å². The fourth-order valence-corrected chi connectivity index (χ4v) is 2.03. The lowest BCUT2D eigenvalue weighted by molar-refractivity contribution is -0.136. The molecule has 0 saturated carbocycles. The molecule has 1 N–H and O–H groups in total. The highest BCUT2D eigenvalue weighted by atomic mass is 16.4. The fourth-order valence-electron chi connectivity index (χ4n) is 2.03. The maximum atomic E-state index is 10.5. The Kier molecular flexibility index (Phi) is 2.58. The molecule has 1 aromatic carbocycles. The Labute approximate surface area is 89.2 Å². The molecule has 1 aromatic rings. The van der Waals surface area contributed by atoms with Gasteiger partial charge in [0.2, 0.25) is 0 Å². The molecule has 1 aliphatic rings. The summed E-state index contributed by atoms with van der Waals surface area (Å²) in [6.45, 7) is 2.08. The van der Waals surface area contributed by atoms with E-state index >= 15 is 0 Å². The predicted molar refractivity (Wildman–Crippen MR) is 59.7 cm³/mol. The smallest absolute Gasteiger partial charge is 0.303 e. The number of carboxylic acids is 1. The molecule has 2 nitrogen and oxygen atoms in total. The quantitative estimate of drug-likeness (QED) is 0.818. The van der Waals surface area contributed by atoms with E-state index in [1.54, 1.807) is 0 Å². The summed E-state index contributed by atoms with van der Waals surface area (Å²) in [6.07, 6.45) is 3.96. The number of aliphatic carboxylic acids is 1. The topological polar surface area (TPSA) is 37.3 Å². The van der Waals surface area contributed by atoms with Crippen LogP contribution in [0.2, 0.25) is 0 Å². The third-order valence-electron chi connectivity index (χ3n) is 2.78. The van der Waals surface area contributed by atoms with Gasteiger partial charge in [-0.1, -0.05) is 29.8 Å². The van der Waals surface area contributed by atoms with E-state index in [0.29, 0.717) is 6.42 Å². The lowest BCUT2D eigenvalue weighted by Crippen LogP contribution is -1.95. The third-order valence-corrected chi connectivity index (χ3v) is 2.78. The summed E-state index contributed by atoms with van der Waals surface area (Å²) >= 11 is 0. The SMILES string of the molecule is Cc1ccc2c(c1)CC=C2CCC(=O)O. The maximum Gasteiger partial charge on any atom is 0.303 e. The third kappa shape index (κ3) is 2.09. The van der Waals surface area contributed by atoms with E-state index in [9.17, 15) is 4.79 Å². The zero-order valence-corrected chi connectivity index (χ0v) is 8.79. The molecule has 0 aliphatic heterocycles. The molecule has 0 bridgehead atoms. The van der Waals surface area contributed by atoms with Crippen LogP contribution in [0, 0.1) is 6.92 Å². The lowest BCUT2D eigenvalue weighted by atomic mass is 10.0. The minimum absolute atomic E-state index is 0.221. The molecule has 0 unspecified atom stereocenters. The number of carboxylic acid groups (broad SMARTS) is 1. The summed E-state index contributed by atoms with van der Waals surface area (Å²) in [5.41, 5.74) is 5.02. The highest BCUT2D eigenvalue weighted by Gasteiger charge is 2.14. The van der Waals surface area contributed by atoms with Crippen LogP contribution in [0.4, 0.5) is 0 Å². The van der Waals surface area contributed by atoms with Crippen LogP contribution >= 0.6 is 0 Å². The van der Waals surface area contributed by atoms with Gasteiger partial charge in [-0.3, -0.25) is 4.79 Å². The van der Waals surface area contributed by atoms with Crippen molar-refractivity contribution in [3.05, 3.63) is 41.0 Å². The van der Waals surface area contributed by atoms with Crippen LogP contribution in [-0.2, 0) is 11.2 Å². The van der Waals surface area contributed by atoms with Crippen LogP contribution < -0.4 is 0 Å². The highest BCUT2D eigenvalue weighted by Crippen LogP contribution is 2.31. The Morgan fingerprint density at radius 2 is 2.27 bits per heavy atom.